The number of benzene rings is 1. The number of rotatable bonds is 2. The van der Waals surface area contributed by atoms with Gasteiger partial charge >= 0.3 is 0 Å². The van der Waals surface area contributed by atoms with E-state index in [0.29, 0.717) is 6.42 Å². The Morgan fingerprint density at radius 3 is 2.85 bits per heavy atom. The first kappa shape index (κ1) is 8.24. The van der Waals surface area contributed by atoms with Crippen LogP contribution in [0.2, 0.25) is 0 Å². The number of carbonyl (C=O) groups is 1. The van der Waals surface area contributed by atoms with E-state index < -0.39 is 0 Å². The highest BCUT2D eigenvalue weighted by Gasteiger charge is 2.29. The van der Waals surface area contributed by atoms with Crippen LogP contribution in [0.15, 0.2) is 36.9 Å². The first-order chi connectivity index (χ1) is 6.33. The molecule has 1 radical (unpaired) electrons. The molecular weight excluding hydrogens is 160 g/mol. The Morgan fingerprint density at radius 1 is 1.38 bits per heavy atom. The zero-order chi connectivity index (χ0) is 9.26. The average Bonchev–Trinajstić information content (AvgIpc) is 2.46. The Kier molecular flexibility index (Phi) is 2.01. The van der Waals surface area contributed by atoms with Gasteiger partial charge in [0, 0.05) is 5.56 Å². The number of ketones is 1. The average molecular weight is 171 g/mol. The summed E-state index contributed by atoms with van der Waals surface area (Å²) < 4.78 is 0. The lowest BCUT2D eigenvalue weighted by Gasteiger charge is -2.00. The minimum atomic E-state index is 0.204. The molecular formula is C12H11O. The molecule has 0 amide bonds. The molecule has 2 rings (SSSR count). The summed E-state index contributed by atoms with van der Waals surface area (Å²) in [4.78, 5) is 11.7. The van der Waals surface area contributed by atoms with Gasteiger partial charge in [0.25, 0.3) is 0 Å². The van der Waals surface area contributed by atoms with E-state index in [0.717, 1.165) is 23.5 Å². The summed E-state index contributed by atoms with van der Waals surface area (Å²) in [6.07, 6.45) is 3.31. The van der Waals surface area contributed by atoms with Crippen LogP contribution < -0.4 is 0 Å². The van der Waals surface area contributed by atoms with E-state index in [-0.39, 0.29) is 5.78 Å². The first-order valence-corrected chi connectivity index (χ1v) is 4.41. The Balaban J connectivity index is 2.32. The summed E-state index contributed by atoms with van der Waals surface area (Å²) >= 11 is 0. The van der Waals surface area contributed by atoms with E-state index in [2.05, 4.69) is 6.58 Å². The van der Waals surface area contributed by atoms with Crippen LogP contribution in [0.1, 0.15) is 22.3 Å². The molecule has 0 aromatic heterocycles. The number of carbonyl (C=O) groups excluding carboxylic acids is 1. The van der Waals surface area contributed by atoms with Gasteiger partial charge in [-0.3, -0.25) is 4.79 Å². The zero-order valence-corrected chi connectivity index (χ0v) is 7.42. The van der Waals surface area contributed by atoms with Crippen molar-refractivity contribution in [1.82, 2.24) is 0 Å². The van der Waals surface area contributed by atoms with Gasteiger partial charge in [-0.15, -0.1) is 6.58 Å². The minimum absolute atomic E-state index is 0.204. The van der Waals surface area contributed by atoms with Crippen molar-refractivity contribution in [3.05, 3.63) is 54.0 Å². The molecule has 0 bridgehead atoms. The zero-order valence-electron chi connectivity index (χ0n) is 7.42. The van der Waals surface area contributed by atoms with Gasteiger partial charge in [0.1, 0.15) is 0 Å². The highest BCUT2D eigenvalue weighted by Crippen LogP contribution is 2.30. The largest absolute Gasteiger partial charge is 0.293 e. The molecule has 1 aliphatic rings. The van der Waals surface area contributed by atoms with Gasteiger partial charge in [0.05, 0.1) is 5.92 Å². The molecule has 1 nitrogen and oxygen atoms in total. The Labute approximate surface area is 78.1 Å². The van der Waals surface area contributed by atoms with Crippen molar-refractivity contribution in [2.45, 2.75) is 12.8 Å². The van der Waals surface area contributed by atoms with Gasteiger partial charge in [-0.05, 0) is 18.4 Å². The number of hydrogen-bond acceptors (Lipinski definition) is 1. The van der Waals surface area contributed by atoms with Crippen LogP contribution in [0.5, 0.6) is 0 Å². The summed E-state index contributed by atoms with van der Waals surface area (Å²) in [5.41, 5.74) is 2.03. The van der Waals surface area contributed by atoms with Gasteiger partial charge in [-0.1, -0.05) is 30.3 Å². The molecule has 65 valence electrons. The van der Waals surface area contributed by atoms with Gasteiger partial charge in [-0.25, -0.2) is 0 Å². The molecule has 1 aromatic carbocycles. The summed E-state index contributed by atoms with van der Waals surface area (Å²) in [6.45, 7) is 3.65. The molecule has 1 heteroatoms. The van der Waals surface area contributed by atoms with Gasteiger partial charge in [0.15, 0.2) is 5.78 Å². The van der Waals surface area contributed by atoms with E-state index in [1.54, 1.807) is 6.08 Å². The Morgan fingerprint density at radius 2 is 2.15 bits per heavy atom. The highest BCUT2D eigenvalue weighted by molar-refractivity contribution is 6.10. The maximum Gasteiger partial charge on any atom is 0.170 e. The smallest absolute Gasteiger partial charge is 0.170 e. The molecule has 0 saturated carbocycles. The summed E-state index contributed by atoms with van der Waals surface area (Å²) in [5.74, 6) is 1.17. The van der Waals surface area contributed by atoms with Crippen LogP contribution in [0.4, 0.5) is 0 Å². The molecule has 0 atom stereocenters. The predicted octanol–water partition coefficient (Wildman–Crippen LogP) is 2.58. The van der Waals surface area contributed by atoms with Crippen molar-refractivity contribution >= 4 is 5.78 Å². The van der Waals surface area contributed by atoms with Crippen LogP contribution in [0.25, 0.3) is 0 Å². The van der Waals surface area contributed by atoms with Crippen LogP contribution in [0, 0.1) is 5.92 Å². The normalized spacial score (nSPS) is 15.8. The first-order valence-electron chi connectivity index (χ1n) is 4.41. The SMILES string of the molecule is C=CC[C]1Cc2ccccc2C1=O. The third kappa shape index (κ3) is 1.31. The second-order valence-electron chi connectivity index (χ2n) is 3.26. The Bertz CT molecular complexity index is 352. The molecule has 0 unspecified atom stereocenters. The van der Waals surface area contributed by atoms with E-state index in [9.17, 15) is 4.79 Å². The quantitative estimate of drug-likeness (QED) is 0.625. The molecule has 1 aliphatic carbocycles. The van der Waals surface area contributed by atoms with Gasteiger partial charge < -0.3 is 0 Å². The standard InChI is InChI=1S/C12H11O/c1-2-5-10-8-9-6-3-4-7-11(9)12(10)13/h2-4,6-7H,1,5,8H2. The maximum atomic E-state index is 11.7. The monoisotopic (exact) mass is 171 g/mol. The van der Waals surface area contributed by atoms with E-state index in [4.69, 9.17) is 0 Å². The lowest BCUT2D eigenvalue weighted by molar-refractivity contribution is 0.101. The summed E-state index contributed by atoms with van der Waals surface area (Å²) in [5, 5.41) is 0. The molecule has 0 saturated heterocycles. The van der Waals surface area contributed by atoms with E-state index in [1.165, 1.54) is 0 Å². The van der Waals surface area contributed by atoms with Crippen molar-refractivity contribution in [3.63, 3.8) is 0 Å². The minimum Gasteiger partial charge on any atom is -0.293 e. The Hall–Kier alpha value is -1.37. The van der Waals surface area contributed by atoms with Gasteiger partial charge in [0.2, 0.25) is 0 Å². The highest BCUT2D eigenvalue weighted by atomic mass is 16.1. The number of allylic oxidation sites excluding steroid dienone is 1. The van der Waals surface area contributed by atoms with Crippen molar-refractivity contribution < 1.29 is 4.79 Å². The fourth-order valence-corrected chi connectivity index (χ4v) is 1.74. The lowest BCUT2D eigenvalue weighted by atomic mass is 10.0. The van der Waals surface area contributed by atoms with Crippen molar-refractivity contribution in [2.24, 2.45) is 0 Å². The van der Waals surface area contributed by atoms with Crippen molar-refractivity contribution in [3.8, 4) is 0 Å². The number of Topliss-reactive ketones (excluding diaryl/α,β-unsaturated/α-hetero) is 1. The van der Waals surface area contributed by atoms with E-state index >= 15 is 0 Å². The molecule has 1 aromatic rings. The van der Waals surface area contributed by atoms with Crippen LogP contribution in [0.3, 0.4) is 0 Å². The second-order valence-corrected chi connectivity index (χ2v) is 3.26. The van der Waals surface area contributed by atoms with Gasteiger partial charge in [-0.2, -0.15) is 0 Å². The molecule has 0 aliphatic heterocycles. The predicted molar refractivity (Wildman–Crippen MR) is 52.5 cm³/mol. The van der Waals surface area contributed by atoms with Crippen LogP contribution >= 0.6 is 0 Å². The topological polar surface area (TPSA) is 17.1 Å². The third-order valence-electron chi connectivity index (χ3n) is 2.38. The number of hydrogen-bond donors (Lipinski definition) is 0. The summed E-state index contributed by atoms with van der Waals surface area (Å²) in [7, 11) is 0. The fourth-order valence-electron chi connectivity index (χ4n) is 1.74. The van der Waals surface area contributed by atoms with Crippen LogP contribution in [-0.4, -0.2) is 5.78 Å². The lowest BCUT2D eigenvalue weighted by Crippen LogP contribution is -2.04. The van der Waals surface area contributed by atoms with Crippen molar-refractivity contribution in [1.29, 1.82) is 0 Å². The second kappa shape index (κ2) is 3.17. The summed E-state index contributed by atoms with van der Waals surface area (Å²) in [6, 6.07) is 7.80. The molecule has 0 N–H and O–H groups in total. The molecule has 13 heavy (non-hydrogen) atoms. The molecule has 0 heterocycles. The van der Waals surface area contributed by atoms with Crippen molar-refractivity contribution in [2.75, 3.05) is 0 Å². The fraction of sp³-hybridized carbons (Fsp3) is 0.167. The van der Waals surface area contributed by atoms with Crippen LogP contribution in [-0.2, 0) is 6.42 Å². The third-order valence-corrected chi connectivity index (χ3v) is 2.38. The molecule has 0 spiro atoms. The van der Waals surface area contributed by atoms with E-state index in [1.807, 2.05) is 24.3 Å². The number of fused-ring (bicyclic) bond motifs is 1. The maximum absolute atomic E-state index is 11.7. The molecule has 0 fully saturated rings.